The number of carbonyl (C=O) groups is 1. The van der Waals surface area contributed by atoms with E-state index >= 15 is 0 Å². The van der Waals surface area contributed by atoms with E-state index in [1.807, 2.05) is 59.4 Å². The molecule has 0 radical (unpaired) electrons. The van der Waals surface area contributed by atoms with Crippen LogP contribution in [0.5, 0.6) is 0 Å². The first-order chi connectivity index (χ1) is 16.0. The van der Waals surface area contributed by atoms with Gasteiger partial charge in [0.2, 0.25) is 0 Å². The standard InChI is InChI=1S/C25H24N6O2/c1-16(2)23(30-11-5-10-27-30)14-26-24(32)20-13-22-25(33)28-21(15-31(22)29-20)19-9-8-17-6-3-4-7-18(17)12-19/h3-13,15-16,23H,14H2,1-2H3,(H,26,32)(H,28,33). The summed E-state index contributed by atoms with van der Waals surface area (Å²) >= 11 is 0. The lowest BCUT2D eigenvalue weighted by Gasteiger charge is -2.21. The molecule has 0 saturated heterocycles. The van der Waals surface area contributed by atoms with Gasteiger partial charge in [0.15, 0.2) is 5.69 Å². The lowest BCUT2D eigenvalue weighted by molar-refractivity contribution is 0.0937. The number of carbonyl (C=O) groups excluding carboxylic acids is 1. The molecule has 2 N–H and O–H groups in total. The van der Waals surface area contributed by atoms with Crippen LogP contribution >= 0.6 is 0 Å². The zero-order chi connectivity index (χ0) is 22.9. The van der Waals surface area contributed by atoms with E-state index in [1.165, 1.54) is 10.6 Å². The molecule has 166 valence electrons. The van der Waals surface area contributed by atoms with E-state index in [1.54, 1.807) is 12.4 Å². The first-order valence-corrected chi connectivity index (χ1v) is 10.9. The number of aromatic nitrogens is 5. The molecule has 0 aliphatic carbocycles. The minimum Gasteiger partial charge on any atom is -0.348 e. The summed E-state index contributed by atoms with van der Waals surface area (Å²) in [6.07, 6.45) is 5.34. The number of benzene rings is 2. The third-order valence-electron chi connectivity index (χ3n) is 5.87. The van der Waals surface area contributed by atoms with Crippen molar-refractivity contribution >= 4 is 22.2 Å². The zero-order valence-electron chi connectivity index (χ0n) is 18.4. The SMILES string of the molecule is CC(C)C(CNC(=O)c1cc2c(=O)[nH]c(-c3ccc4ccccc4c3)cn2n1)n1cccn1. The second kappa shape index (κ2) is 8.38. The van der Waals surface area contributed by atoms with Crippen molar-refractivity contribution < 1.29 is 4.79 Å². The Hall–Kier alpha value is -4.20. The minimum absolute atomic E-state index is 0.0175. The van der Waals surface area contributed by atoms with Crippen molar-refractivity contribution in [2.45, 2.75) is 19.9 Å². The third-order valence-corrected chi connectivity index (χ3v) is 5.87. The molecule has 0 spiro atoms. The monoisotopic (exact) mass is 440 g/mol. The molecule has 5 rings (SSSR count). The lowest BCUT2D eigenvalue weighted by Crippen LogP contribution is -2.33. The van der Waals surface area contributed by atoms with Gasteiger partial charge in [0.25, 0.3) is 11.5 Å². The Labute approximate surface area is 189 Å². The fourth-order valence-corrected chi connectivity index (χ4v) is 4.02. The van der Waals surface area contributed by atoms with Crippen LogP contribution in [0.3, 0.4) is 0 Å². The van der Waals surface area contributed by atoms with Gasteiger partial charge < -0.3 is 10.3 Å². The second-order valence-electron chi connectivity index (χ2n) is 8.43. The van der Waals surface area contributed by atoms with Gasteiger partial charge in [-0.2, -0.15) is 10.2 Å². The van der Waals surface area contributed by atoms with Gasteiger partial charge in [-0.05, 0) is 28.8 Å². The zero-order valence-corrected chi connectivity index (χ0v) is 18.4. The predicted octanol–water partition coefficient (Wildman–Crippen LogP) is 3.67. The van der Waals surface area contributed by atoms with Crippen molar-refractivity contribution in [3.63, 3.8) is 0 Å². The number of H-pyrrole nitrogens is 1. The summed E-state index contributed by atoms with van der Waals surface area (Å²) in [7, 11) is 0. The summed E-state index contributed by atoms with van der Waals surface area (Å²) in [5, 5.41) is 13.8. The Kier molecular flexibility index (Phi) is 5.26. The van der Waals surface area contributed by atoms with Crippen molar-refractivity contribution in [2.75, 3.05) is 6.54 Å². The van der Waals surface area contributed by atoms with Crippen LogP contribution in [-0.4, -0.2) is 36.8 Å². The van der Waals surface area contributed by atoms with Gasteiger partial charge in [0.05, 0.1) is 17.9 Å². The molecule has 2 aromatic carbocycles. The second-order valence-corrected chi connectivity index (χ2v) is 8.43. The highest BCUT2D eigenvalue weighted by atomic mass is 16.2. The number of amides is 1. The highest BCUT2D eigenvalue weighted by Gasteiger charge is 2.19. The smallest absolute Gasteiger partial charge is 0.274 e. The molecular formula is C25H24N6O2. The van der Waals surface area contributed by atoms with E-state index in [4.69, 9.17) is 0 Å². The number of nitrogens with zero attached hydrogens (tertiary/aromatic N) is 4. The van der Waals surface area contributed by atoms with Gasteiger partial charge >= 0.3 is 0 Å². The van der Waals surface area contributed by atoms with Gasteiger partial charge in [0, 0.05) is 30.6 Å². The van der Waals surface area contributed by atoms with Gasteiger partial charge in [-0.25, -0.2) is 4.52 Å². The minimum atomic E-state index is -0.330. The number of aromatic amines is 1. The van der Waals surface area contributed by atoms with E-state index in [-0.39, 0.29) is 29.1 Å². The lowest BCUT2D eigenvalue weighted by atomic mass is 10.0. The molecule has 5 aromatic rings. The molecule has 1 atom stereocenters. The molecule has 0 saturated carbocycles. The van der Waals surface area contributed by atoms with Crippen molar-refractivity contribution in [3.8, 4) is 11.3 Å². The molecule has 8 nitrogen and oxygen atoms in total. The van der Waals surface area contributed by atoms with E-state index in [0.717, 1.165) is 16.3 Å². The molecule has 0 fully saturated rings. The van der Waals surface area contributed by atoms with Crippen molar-refractivity contribution in [2.24, 2.45) is 5.92 Å². The number of hydrogen-bond donors (Lipinski definition) is 2. The van der Waals surface area contributed by atoms with E-state index in [2.05, 4.69) is 34.3 Å². The number of nitrogens with one attached hydrogen (secondary N) is 2. The summed E-state index contributed by atoms with van der Waals surface area (Å²) < 4.78 is 3.31. The first kappa shape index (κ1) is 20.7. The largest absolute Gasteiger partial charge is 0.348 e. The summed E-state index contributed by atoms with van der Waals surface area (Å²) in [4.78, 5) is 28.4. The Morgan fingerprint density at radius 2 is 1.91 bits per heavy atom. The van der Waals surface area contributed by atoms with Gasteiger partial charge in [0.1, 0.15) is 5.52 Å². The Balaban J connectivity index is 1.41. The normalized spacial score (nSPS) is 12.5. The average molecular weight is 441 g/mol. The van der Waals surface area contributed by atoms with Crippen LogP contribution in [0.4, 0.5) is 0 Å². The molecule has 8 heteroatoms. The molecular weight excluding hydrogens is 416 g/mol. The predicted molar refractivity (Wildman–Crippen MR) is 127 cm³/mol. The molecule has 3 aromatic heterocycles. The summed E-state index contributed by atoms with van der Waals surface area (Å²) in [6.45, 7) is 4.57. The summed E-state index contributed by atoms with van der Waals surface area (Å²) in [5.74, 6) is -0.0539. The summed E-state index contributed by atoms with van der Waals surface area (Å²) in [6, 6.07) is 17.4. The van der Waals surface area contributed by atoms with Crippen LogP contribution < -0.4 is 10.9 Å². The Bertz CT molecular complexity index is 1500. The summed E-state index contributed by atoms with van der Waals surface area (Å²) in [5.41, 5.74) is 1.71. The Morgan fingerprint density at radius 3 is 2.67 bits per heavy atom. The first-order valence-electron chi connectivity index (χ1n) is 10.9. The van der Waals surface area contributed by atoms with E-state index < -0.39 is 0 Å². The fraction of sp³-hybridized carbons (Fsp3) is 0.200. The van der Waals surface area contributed by atoms with Gasteiger partial charge in [-0.3, -0.25) is 14.3 Å². The molecule has 0 aliphatic heterocycles. The number of hydrogen-bond acceptors (Lipinski definition) is 4. The molecule has 3 heterocycles. The van der Waals surface area contributed by atoms with E-state index in [0.29, 0.717) is 17.8 Å². The molecule has 1 unspecified atom stereocenters. The quantitative estimate of drug-likeness (QED) is 0.421. The van der Waals surface area contributed by atoms with Crippen molar-refractivity contribution in [3.05, 3.63) is 89.2 Å². The van der Waals surface area contributed by atoms with Crippen molar-refractivity contribution in [1.82, 2.24) is 29.7 Å². The maximum absolute atomic E-state index is 12.8. The fourth-order valence-electron chi connectivity index (χ4n) is 4.02. The molecule has 0 aliphatic rings. The highest BCUT2D eigenvalue weighted by molar-refractivity contribution is 5.93. The highest BCUT2D eigenvalue weighted by Crippen LogP contribution is 2.22. The number of fused-ring (bicyclic) bond motifs is 2. The van der Waals surface area contributed by atoms with Crippen LogP contribution in [0, 0.1) is 5.92 Å². The average Bonchev–Trinajstić information content (AvgIpc) is 3.49. The van der Waals surface area contributed by atoms with Crippen LogP contribution in [0.25, 0.3) is 27.5 Å². The van der Waals surface area contributed by atoms with Gasteiger partial charge in [-0.1, -0.05) is 50.2 Å². The number of rotatable bonds is 6. The Morgan fingerprint density at radius 1 is 1.09 bits per heavy atom. The van der Waals surface area contributed by atoms with Crippen LogP contribution in [0.1, 0.15) is 30.4 Å². The van der Waals surface area contributed by atoms with Gasteiger partial charge in [-0.15, -0.1) is 0 Å². The van der Waals surface area contributed by atoms with E-state index in [9.17, 15) is 9.59 Å². The molecule has 0 bridgehead atoms. The topological polar surface area (TPSA) is 97.1 Å². The van der Waals surface area contributed by atoms with Crippen LogP contribution in [0.15, 0.2) is 78.0 Å². The van der Waals surface area contributed by atoms with Crippen LogP contribution in [0.2, 0.25) is 0 Å². The molecule has 33 heavy (non-hydrogen) atoms. The third kappa shape index (κ3) is 4.03. The van der Waals surface area contributed by atoms with Crippen LogP contribution in [-0.2, 0) is 0 Å². The van der Waals surface area contributed by atoms with Crippen molar-refractivity contribution in [1.29, 1.82) is 0 Å². The molecule has 1 amide bonds. The maximum Gasteiger partial charge on any atom is 0.274 e. The maximum atomic E-state index is 12.8.